The summed E-state index contributed by atoms with van der Waals surface area (Å²) in [6.45, 7) is 4.59. The number of carbonyl (C=O) groups is 2. The molecule has 4 aromatic rings. The van der Waals surface area contributed by atoms with Crippen LogP contribution in [0.15, 0.2) is 77.9 Å². The average molecular weight is 675 g/mol. The molecule has 0 aliphatic heterocycles. The number of rotatable bonds is 13. The van der Waals surface area contributed by atoms with Crippen LogP contribution in [0.4, 0.5) is 28.9 Å². The third-order valence-corrected chi connectivity index (χ3v) is 7.63. The molecule has 0 aliphatic carbocycles. The molecular formula is C32H27ClF4N4O6. The van der Waals surface area contributed by atoms with Gasteiger partial charge in [-0.2, -0.15) is 8.78 Å². The van der Waals surface area contributed by atoms with Crippen LogP contribution in [0.5, 0.6) is 5.75 Å². The van der Waals surface area contributed by atoms with E-state index >= 15 is 0 Å². The fourth-order valence-corrected chi connectivity index (χ4v) is 5.00. The number of nitrogens with one attached hydrogen (secondary N) is 1. The highest BCUT2D eigenvalue weighted by Crippen LogP contribution is 2.27. The number of carbonyl (C=O) groups excluding carboxylic acids is 2. The first kappa shape index (κ1) is 34.6. The number of ketones is 1. The Labute approximate surface area is 270 Å². The Balaban J connectivity index is 1.63. The van der Waals surface area contributed by atoms with Crippen molar-refractivity contribution in [3.05, 3.63) is 122 Å². The van der Waals surface area contributed by atoms with E-state index in [1.54, 1.807) is 25.1 Å². The zero-order valence-corrected chi connectivity index (χ0v) is 25.7. The number of halogens is 5. The number of ether oxygens (including phenoxy) is 1. The summed E-state index contributed by atoms with van der Waals surface area (Å²) in [6.07, 6.45) is 1.21. The number of allylic oxidation sites excluding steroid dienone is 1. The number of amides is 1. The Morgan fingerprint density at radius 3 is 2.30 bits per heavy atom. The van der Waals surface area contributed by atoms with Gasteiger partial charge in [-0.3, -0.25) is 24.5 Å². The van der Waals surface area contributed by atoms with E-state index in [-0.39, 0.29) is 29.6 Å². The number of aromatic nitrogens is 1. The highest BCUT2D eigenvalue weighted by Gasteiger charge is 2.29. The van der Waals surface area contributed by atoms with Gasteiger partial charge in [0.05, 0.1) is 23.4 Å². The molecule has 0 saturated heterocycles. The zero-order valence-electron chi connectivity index (χ0n) is 24.9. The third kappa shape index (κ3) is 7.60. The minimum absolute atomic E-state index is 0.0199. The number of fused-ring (bicyclic) bond motifs is 1. The molecular weight excluding hydrogens is 648 g/mol. The van der Waals surface area contributed by atoms with Gasteiger partial charge in [-0.05, 0) is 42.1 Å². The van der Waals surface area contributed by atoms with Gasteiger partial charge in [-0.15, -0.1) is 0 Å². The molecule has 10 nitrogen and oxygen atoms in total. The first-order valence-corrected chi connectivity index (χ1v) is 14.4. The topological polar surface area (TPSA) is 124 Å². The molecule has 2 atom stereocenters. The van der Waals surface area contributed by atoms with Crippen molar-refractivity contribution in [2.75, 3.05) is 18.6 Å². The summed E-state index contributed by atoms with van der Waals surface area (Å²) in [5, 5.41) is 15.1. The van der Waals surface area contributed by atoms with E-state index in [2.05, 4.69) is 11.9 Å². The largest absolute Gasteiger partial charge is 0.479 e. The van der Waals surface area contributed by atoms with Crippen LogP contribution in [0.2, 0.25) is 5.02 Å². The van der Waals surface area contributed by atoms with E-state index in [0.717, 1.165) is 4.90 Å². The Hall–Kier alpha value is -5.24. The quantitative estimate of drug-likeness (QED) is 0.0770. The highest BCUT2D eigenvalue weighted by molar-refractivity contribution is 6.31. The van der Waals surface area contributed by atoms with E-state index in [9.17, 15) is 42.1 Å². The third-order valence-electron chi connectivity index (χ3n) is 7.40. The van der Waals surface area contributed by atoms with Gasteiger partial charge >= 0.3 is 0 Å². The standard InChI is InChI=1S/C32H27ClF4N4O6/c1-4-26(40-12-11-18-5-6-19(33)13-22(18)32(40)44)17(2)38-25(15-28(43)39(3)20-7-9-21(10-8-20)41(45)46)27(42)16-47-31-29(36)23(34)14-24(35)30(31)37/h5-14,25-26,38H,2,4,15-16H2,1,3H3/t25?,26-/m0/s1. The predicted molar refractivity (Wildman–Crippen MR) is 167 cm³/mol. The maximum atomic E-state index is 14.2. The van der Waals surface area contributed by atoms with Crippen LogP contribution in [-0.2, 0) is 9.59 Å². The fraction of sp³-hybridized carbons (Fsp3) is 0.219. The lowest BCUT2D eigenvalue weighted by Crippen LogP contribution is -2.45. The Kier molecular flexibility index (Phi) is 10.7. The summed E-state index contributed by atoms with van der Waals surface area (Å²) in [6, 6.07) is 9.21. The van der Waals surface area contributed by atoms with Crippen molar-refractivity contribution in [1.82, 2.24) is 9.88 Å². The normalized spacial score (nSPS) is 12.3. The lowest BCUT2D eigenvalue weighted by molar-refractivity contribution is -0.384. The fourth-order valence-electron chi connectivity index (χ4n) is 4.82. The van der Waals surface area contributed by atoms with Crippen molar-refractivity contribution < 1.29 is 36.8 Å². The van der Waals surface area contributed by atoms with Crippen LogP contribution in [0, 0.1) is 33.4 Å². The maximum Gasteiger partial charge on any atom is 0.269 e. The Morgan fingerprint density at radius 1 is 1.06 bits per heavy atom. The van der Waals surface area contributed by atoms with Crippen LogP contribution in [-0.4, -0.2) is 40.9 Å². The summed E-state index contributed by atoms with van der Waals surface area (Å²) < 4.78 is 62.1. The predicted octanol–water partition coefficient (Wildman–Crippen LogP) is 6.24. The van der Waals surface area contributed by atoms with Crippen LogP contribution in [0.3, 0.4) is 0 Å². The van der Waals surface area contributed by atoms with E-state index in [1.807, 2.05) is 0 Å². The second-order valence-electron chi connectivity index (χ2n) is 10.4. The number of benzene rings is 3. The lowest BCUT2D eigenvalue weighted by Gasteiger charge is -2.27. The minimum Gasteiger partial charge on any atom is -0.479 e. The second kappa shape index (κ2) is 14.5. The number of pyridine rings is 1. The average Bonchev–Trinajstić information content (AvgIpc) is 3.04. The number of hydrogen-bond acceptors (Lipinski definition) is 7. The van der Waals surface area contributed by atoms with Gasteiger partial charge in [0.2, 0.25) is 17.5 Å². The number of anilines is 1. The second-order valence-corrected chi connectivity index (χ2v) is 10.8. The van der Waals surface area contributed by atoms with Gasteiger partial charge < -0.3 is 19.5 Å². The summed E-state index contributed by atoms with van der Waals surface area (Å²) in [7, 11) is 1.35. The van der Waals surface area contributed by atoms with Gasteiger partial charge in [-0.25, -0.2) is 8.78 Å². The molecule has 0 bridgehead atoms. The molecule has 47 heavy (non-hydrogen) atoms. The van der Waals surface area contributed by atoms with Crippen molar-refractivity contribution in [2.45, 2.75) is 31.8 Å². The van der Waals surface area contributed by atoms with Gasteiger partial charge in [0.1, 0.15) is 6.61 Å². The number of hydrogen-bond donors (Lipinski definition) is 1. The highest BCUT2D eigenvalue weighted by atomic mass is 35.5. The van der Waals surface area contributed by atoms with E-state index < -0.39 is 76.3 Å². The molecule has 246 valence electrons. The molecule has 0 radical (unpaired) electrons. The first-order chi connectivity index (χ1) is 22.2. The van der Waals surface area contributed by atoms with Gasteiger partial charge in [-0.1, -0.05) is 31.2 Å². The van der Waals surface area contributed by atoms with Crippen molar-refractivity contribution in [2.24, 2.45) is 0 Å². The van der Waals surface area contributed by atoms with Gasteiger partial charge in [0, 0.05) is 53.2 Å². The lowest BCUT2D eigenvalue weighted by atomic mass is 10.0. The van der Waals surface area contributed by atoms with Crippen molar-refractivity contribution in [3.63, 3.8) is 0 Å². The maximum absolute atomic E-state index is 14.2. The van der Waals surface area contributed by atoms with Crippen LogP contribution in [0.1, 0.15) is 25.8 Å². The van der Waals surface area contributed by atoms with E-state index in [4.69, 9.17) is 16.3 Å². The van der Waals surface area contributed by atoms with E-state index in [1.165, 1.54) is 48.1 Å². The summed E-state index contributed by atoms with van der Waals surface area (Å²) >= 11 is 6.09. The smallest absolute Gasteiger partial charge is 0.269 e. The molecule has 1 aromatic heterocycles. The molecule has 0 aliphatic rings. The Morgan fingerprint density at radius 2 is 1.70 bits per heavy atom. The van der Waals surface area contributed by atoms with Crippen molar-refractivity contribution in [1.29, 1.82) is 0 Å². The van der Waals surface area contributed by atoms with Crippen molar-refractivity contribution >= 4 is 45.4 Å². The number of nitrogens with zero attached hydrogens (tertiary/aromatic N) is 3. The first-order valence-electron chi connectivity index (χ1n) is 14.0. The number of non-ortho nitro benzene ring substituents is 1. The molecule has 1 unspecified atom stereocenters. The van der Waals surface area contributed by atoms with Crippen LogP contribution < -0.4 is 20.5 Å². The van der Waals surface area contributed by atoms with E-state index in [0.29, 0.717) is 15.8 Å². The van der Waals surface area contributed by atoms with Crippen LogP contribution in [0.25, 0.3) is 10.8 Å². The molecule has 3 aromatic carbocycles. The molecule has 1 amide bonds. The molecule has 15 heteroatoms. The van der Waals surface area contributed by atoms with Gasteiger partial charge in [0.25, 0.3) is 11.2 Å². The van der Waals surface area contributed by atoms with Gasteiger partial charge in [0.15, 0.2) is 23.2 Å². The number of nitro benzene ring substituents is 1. The molecule has 0 spiro atoms. The van der Waals surface area contributed by atoms with Crippen molar-refractivity contribution in [3.8, 4) is 5.75 Å². The molecule has 1 heterocycles. The number of Topliss-reactive ketones (excluding diaryl/α,β-unsaturated/α-hetero) is 1. The molecule has 0 saturated carbocycles. The molecule has 1 N–H and O–H groups in total. The molecule has 4 rings (SSSR count). The minimum atomic E-state index is -1.86. The monoisotopic (exact) mass is 674 g/mol. The summed E-state index contributed by atoms with van der Waals surface area (Å²) in [5.74, 6) is -10.3. The number of nitro groups is 1. The molecule has 0 fully saturated rings. The zero-order chi connectivity index (χ0) is 34.6. The summed E-state index contributed by atoms with van der Waals surface area (Å²) in [4.78, 5) is 51.6. The summed E-state index contributed by atoms with van der Waals surface area (Å²) in [5.41, 5.74) is -0.287. The van der Waals surface area contributed by atoms with Crippen LogP contribution >= 0.6 is 11.6 Å². The SMILES string of the molecule is C=C(NC(CC(=O)N(C)c1ccc([N+](=O)[O-])cc1)C(=O)COc1c(F)c(F)cc(F)c1F)[C@H](CC)n1ccc2ccc(Cl)cc2c1=O. The Bertz CT molecular complexity index is 1910.